The van der Waals surface area contributed by atoms with E-state index >= 15 is 0 Å². The standard InChI is InChI=1S/C26H30FN5O/c27-24-13-19(5-6-20(24)14-28)23-12-18(11-22-17-29-8-10-33-22)4-7-25(23)30-15-21-16-31-32-9-2-1-3-26(21)32/h4-7,12-13,22,29-31H,1-3,8-11,15-17H2. The van der Waals surface area contributed by atoms with Gasteiger partial charge in [0.05, 0.1) is 18.3 Å². The molecule has 3 aliphatic heterocycles. The minimum Gasteiger partial charge on any atom is -0.381 e. The number of piperidine rings is 1. The van der Waals surface area contributed by atoms with E-state index in [1.54, 1.807) is 6.07 Å². The topological polar surface area (TPSA) is 72.3 Å². The number of benzene rings is 2. The molecule has 3 heterocycles. The Morgan fingerprint density at radius 2 is 2.15 bits per heavy atom. The number of fused-ring (bicyclic) bond motifs is 1. The molecule has 7 heteroatoms. The number of morpholine rings is 1. The zero-order valence-electron chi connectivity index (χ0n) is 18.8. The molecule has 0 spiro atoms. The summed E-state index contributed by atoms with van der Waals surface area (Å²) in [6, 6.07) is 13.1. The van der Waals surface area contributed by atoms with E-state index in [0.717, 1.165) is 74.6 Å². The van der Waals surface area contributed by atoms with Crippen LogP contribution < -0.4 is 16.1 Å². The van der Waals surface area contributed by atoms with E-state index in [1.807, 2.05) is 12.1 Å². The fraction of sp³-hybridized carbons (Fsp3) is 0.423. The highest BCUT2D eigenvalue weighted by atomic mass is 19.1. The van der Waals surface area contributed by atoms with Gasteiger partial charge in [-0.25, -0.2) is 9.82 Å². The van der Waals surface area contributed by atoms with Crippen molar-refractivity contribution in [3.63, 3.8) is 0 Å². The molecule has 0 radical (unpaired) electrons. The molecule has 0 bridgehead atoms. The molecular formula is C26H30FN5O. The summed E-state index contributed by atoms with van der Waals surface area (Å²) < 4.78 is 20.3. The van der Waals surface area contributed by atoms with Crippen molar-refractivity contribution in [2.24, 2.45) is 0 Å². The average Bonchev–Trinajstić information content (AvgIpc) is 3.27. The third-order valence-corrected chi connectivity index (χ3v) is 6.71. The van der Waals surface area contributed by atoms with Crippen LogP contribution in [-0.2, 0) is 11.2 Å². The Morgan fingerprint density at radius 1 is 1.21 bits per heavy atom. The molecule has 0 amide bonds. The summed E-state index contributed by atoms with van der Waals surface area (Å²) in [6.07, 6.45) is 4.52. The van der Waals surface area contributed by atoms with E-state index in [2.05, 4.69) is 39.3 Å². The van der Waals surface area contributed by atoms with Crippen LogP contribution in [0.25, 0.3) is 11.1 Å². The van der Waals surface area contributed by atoms with E-state index in [1.165, 1.54) is 30.2 Å². The molecule has 6 nitrogen and oxygen atoms in total. The number of hydrazine groups is 1. The Kier molecular flexibility index (Phi) is 6.58. The summed E-state index contributed by atoms with van der Waals surface area (Å²) in [5.41, 5.74) is 10.2. The molecule has 1 unspecified atom stereocenters. The van der Waals surface area contributed by atoms with Crippen molar-refractivity contribution in [3.8, 4) is 17.2 Å². The first-order valence-corrected chi connectivity index (χ1v) is 11.8. The van der Waals surface area contributed by atoms with Gasteiger partial charge in [0.1, 0.15) is 11.9 Å². The molecule has 0 aliphatic carbocycles. The van der Waals surface area contributed by atoms with Crippen molar-refractivity contribution in [1.29, 1.82) is 5.26 Å². The van der Waals surface area contributed by atoms with Crippen molar-refractivity contribution in [2.45, 2.75) is 31.8 Å². The van der Waals surface area contributed by atoms with E-state index in [9.17, 15) is 4.39 Å². The summed E-state index contributed by atoms with van der Waals surface area (Å²) in [5, 5.41) is 18.4. The highest BCUT2D eigenvalue weighted by Gasteiger charge is 2.24. The van der Waals surface area contributed by atoms with Crippen LogP contribution in [0.2, 0.25) is 0 Å². The second kappa shape index (κ2) is 9.92. The summed E-state index contributed by atoms with van der Waals surface area (Å²) in [5.74, 6) is -0.492. The third kappa shape index (κ3) is 4.88. The molecule has 0 aromatic heterocycles. The molecule has 1 atom stereocenters. The molecule has 2 aromatic carbocycles. The van der Waals surface area contributed by atoms with Gasteiger partial charge in [0.25, 0.3) is 0 Å². The van der Waals surface area contributed by atoms with Crippen LogP contribution in [0.15, 0.2) is 47.7 Å². The predicted molar refractivity (Wildman–Crippen MR) is 127 cm³/mol. The van der Waals surface area contributed by atoms with Crippen LogP contribution in [0.3, 0.4) is 0 Å². The summed E-state index contributed by atoms with van der Waals surface area (Å²) >= 11 is 0. The minimum atomic E-state index is -0.492. The largest absolute Gasteiger partial charge is 0.381 e. The number of hydrogen-bond donors (Lipinski definition) is 3. The molecule has 2 aromatic rings. The van der Waals surface area contributed by atoms with Gasteiger partial charge in [-0.1, -0.05) is 12.1 Å². The number of allylic oxidation sites excluding steroid dienone is 1. The Morgan fingerprint density at radius 3 is 2.97 bits per heavy atom. The van der Waals surface area contributed by atoms with Crippen LogP contribution in [0.5, 0.6) is 0 Å². The van der Waals surface area contributed by atoms with Gasteiger partial charge in [-0.2, -0.15) is 5.26 Å². The van der Waals surface area contributed by atoms with Crippen molar-refractivity contribution < 1.29 is 9.13 Å². The summed E-state index contributed by atoms with van der Waals surface area (Å²) in [4.78, 5) is 0. The number of nitrogens with one attached hydrogen (secondary N) is 3. The summed E-state index contributed by atoms with van der Waals surface area (Å²) in [7, 11) is 0. The quantitative estimate of drug-likeness (QED) is 0.629. The molecule has 33 heavy (non-hydrogen) atoms. The number of anilines is 1. The monoisotopic (exact) mass is 447 g/mol. The maximum absolute atomic E-state index is 14.5. The molecule has 172 valence electrons. The van der Waals surface area contributed by atoms with Crippen molar-refractivity contribution in [2.75, 3.05) is 44.6 Å². The minimum absolute atomic E-state index is 0.0625. The lowest BCUT2D eigenvalue weighted by atomic mass is 9.97. The molecule has 0 saturated carbocycles. The number of rotatable bonds is 6. The maximum atomic E-state index is 14.5. The van der Waals surface area contributed by atoms with Crippen LogP contribution in [0.1, 0.15) is 30.4 Å². The van der Waals surface area contributed by atoms with Gasteiger partial charge in [-0.05, 0) is 66.6 Å². The van der Waals surface area contributed by atoms with Crippen LogP contribution in [0, 0.1) is 17.1 Å². The first-order chi connectivity index (χ1) is 16.2. The highest BCUT2D eigenvalue weighted by molar-refractivity contribution is 5.79. The Balaban J connectivity index is 1.42. The number of nitriles is 1. The Hall–Kier alpha value is -2.92. The number of nitrogens with zero attached hydrogens (tertiary/aromatic N) is 2. The zero-order chi connectivity index (χ0) is 22.6. The van der Waals surface area contributed by atoms with Gasteiger partial charge in [0.2, 0.25) is 0 Å². The lowest BCUT2D eigenvalue weighted by molar-refractivity contribution is 0.0292. The Bertz CT molecular complexity index is 1090. The van der Waals surface area contributed by atoms with Gasteiger partial charge in [-0.3, -0.25) is 0 Å². The SMILES string of the molecule is N#Cc1ccc(-c2cc(CC3CNCCO3)ccc2NCC2=C3CCCCN3NC2)cc1F. The maximum Gasteiger partial charge on any atom is 0.141 e. The first kappa shape index (κ1) is 21.9. The van der Waals surface area contributed by atoms with Crippen molar-refractivity contribution in [3.05, 3.63) is 64.6 Å². The van der Waals surface area contributed by atoms with Gasteiger partial charge in [0.15, 0.2) is 0 Å². The second-order valence-electron chi connectivity index (χ2n) is 8.93. The molecule has 2 fully saturated rings. The van der Waals surface area contributed by atoms with Gasteiger partial charge < -0.3 is 20.4 Å². The van der Waals surface area contributed by atoms with E-state index < -0.39 is 5.82 Å². The lowest BCUT2D eigenvalue weighted by Gasteiger charge is -2.27. The van der Waals surface area contributed by atoms with Gasteiger partial charge in [-0.15, -0.1) is 0 Å². The first-order valence-electron chi connectivity index (χ1n) is 11.8. The summed E-state index contributed by atoms with van der Waals surface area (Å²) in [6.45, 7) is 5.13. The number of halogens is 1. The normalized spacial score (nSPS) is 20.5. The lowest BCUT2D eigenvalue weighted by Crippen LogP contribution is -2.39. The van der Waals surface area contributed by atoms with E-state index in [-0.39, 0.29) is 11.7 Å². The van der Waals surface area contributed by atoms with Gasteiger partial charge in [0, 0.05) is 49.7 Å². The van der Waals surface area contributed by atoms with Crippen LogP contribution >= 0.6 is 0 Å². The molecule has 3 N–H and O–H groups in total. The predicted octanol–water partition coefficient (Wildman–Crippen LogP) is 3.57. The third-order valence-electron chi connectivity index (χ3n) is 6.71. The second-order valence-corrected chi connectivity index (χ2v) is 8.93. The van der Waals surface area contributed by atoms with Crippen LogP contribution in [-0.4, -0.2) is 50.4 Å². The van der Waals surface area contributed by atoms with Gasteiger partial charge >= 0.3 is 0 Å². The van der Waals surface area contributed by atoms with Crippen molar-refractivity contribution >= 4 is 5.69 Å². The fourth-order valence-corrected chi connectivity index (χ4v) is 4.93. The molecular weight excluding hydrogens is 417 g/mol. The van der Waals surface area contributed by atoms with Crippen LogP contribution in [0.4, 0.5) is 10.1 Å². The highest BCUT2D eigenvalue weighted by Crippen LogP contribution is 2.32. The fourth-order valence-electron chi connectivity index (χ4n) is 4.93. The van der Waals surface area contributed by atoms with E-state index in [0.29, 0.717) is 0 Å². The average molecular weight is 448 g/mol. The van der Waals surface area contributed by atoms with Crippen molar-refractivity contribution in [1.82, 2.24) is 15.8 Å². The Labute approximate surface area is 194 Å². The number of hydrogen-bond acceptors (Lipinski definition) is 6. The molecule has 2 saturated heterocycles. The zero-order valence-corrected chi connectivity index (χ0v) is 18.8. The molecule has 3 aliphatic rings. The van der Waals surface area contributed by atoms with E-state index in [4.69, 9.17) is 10.00 Å². The number of ether oxygens (including phenoxy) is 1. The smallest absolute Gasteiger partial charge is 0.141 e. The molecule has 5 rings (SSSR count).